The van der Waals surface area contributed by atoms with E-state index in [1.807, 2.05) is 13.0 Å². The lowest BCUT2D eigenvalue weighted by atomic mass is 10.1. The van der Waals surface area contributed by atoms with Gasteiger partial charge in [0.15, 0.2) is 0 Å². The molecule has 0 spiro atoms. The minimum atomic E-state index is -0.245. The van der Waals surface area contributed by atoms with Crippen LogP contribution in [0.15, 0.2) is 29.3 Å². The minimum absolute atomic E-state index is 0.245. The third-order valence-corrected chi connectivity index (χ3v) is 2.06. The SMILES string of the molecule is C=C(C)c1ccc(Br)c(F)c1. The molecule has 58 valence electrons. The van der Waals surface area contributed by atoms with Gasteiger partial charge in [0.1, 0.15) is 5.82 Å². The molecule has 0 saturated heterocycles. The molecule has 0 aliphatic heterocycles. The zero-order valence-electron chi connectivity index (χ0n) is 6.20. The lowest BCUT2D eigenvalue weighted by Gasteiger charge is -1.99. The quantitative estimate of drug-likeness (QED) is 0.671. The van der Waals surface area contributed by atoms with Gasteiger partial charge in [-0.2, -0.15) is 0 Å². The van der Waals surface area contributed by atoms with Crippen molar-refractivity contribution in [3.63, 3.8) is 0 Å². The van der Waals surface area contributed by atoms with Crippen molar-refractivity contribution in [1.29, 1.82) is 0 Å². The standard InChI is InChI=1S/C9H8BrF/c1-6(2)7-3-4-8(10)9(11)5-7/h3-5H,1H2,2H3. The summed E-state index contributed by atoms with van der Waals surface area (Å²) < 4.78 is 13.3. The van der Waals surface area contributed by atoms with Gasteiger partial charge < -0.3 is 0 Å². The van der Waals surface area contributed by atoms with Gasteiger partial charge in [-0.25, -0.2) is 4.39 Å². The van der Waals surface area contributed by atoms with Crippen LogP contribution in [0.25, 0.3) is 5.57 Å². The molecule has 0 bridgehead atoms. The van der Waals surface area contributed by atoms with Crippen LogP contribution in [0.4, 0.5) is 4.39 Å². The maximum atomic E-state index is 12.9. The van der Waals surface area contributed by atoms with Crippen molar-refractivity contribution in [3.8, 4) is 0 Å². The monoisotopic (exact) mass is 214 g/mol. The van der Waals surface area contributed by atoms with Gasteiger partial charge in [0.05, 0.1) is 4.47 Å². The van der Waals surface area contributed by atoms with Crippen molar-refractivity contribution < 1.29 is 4.39 Å². The van der Waals surface area contributed by atoms with Crippen LogP contribution in [0, 0.1) is 5.82 Å². The summed E-state index contributed by atoms with van der Waals surface area (Å²) in [5.41, 5.74) is 1.71. The third-order valence-electron chi connectivity index (χ3n) is 1.41. The van der Waals surface area contributed by atoms with Crippen LogP contribution >= 0.6 is 15.9 Å². The van der Waals surface area contributed by atoms with Gasteiger partial charge in [-0.1, -0.05) is 18.2 Å². The maximum Gasteiger partial charge on any atom is 0.137 e. The summed E-state index contributed by atoms with van der Waals surface area (Å²) in [5.74, 6) is -0.245. The van der Waals surface area contributed by atoms with E-state index in [1.54, 1.807) is 6.07 Å². The fourth-order valence-corrected chi connectivity index (χ4v) is 1.01. The summed E-state index contributed by atoms with van der Waals surface area (Å²) in [6.07, 6.45) is 0. The molecule has 0 unspecified atom stereocenters. The fourth-order valence-electron chi connectivity index (χ4n) is 0.762. The Morgan fingerprint density at radius 1 is 1.55 bits per heavy atom. The summed E-state index contributed by atoms with van der Waals surface area (Å²) in [5, 5.41) is 0. The van der Waals surface area contributed by atoms with E-state index in [0.717, 1.165) is 11.1 Å². The Morgan fingerprint density at radius 3 is 2.64 bits per heavy atom. The van der Waals surface area contributed by atoms with Gasteiger partial charge in [0.25, 0.3) is 0 Å². The zero-order chi connectivity index (χ0) is 8.43. The van der Waals surface area contributed by atoms with Gasteiger partial charge in [-0.3, -0.25) is 0 Å². The molecule has 0 aliphatic rings. The van der Waals surface area contributed by atoms with Crippen molar-refractivity contribution in [3.05, 3.63) is 40.6 Å². The molecule has 2 heteroatoms. The van der Waals surface area contributed by atoms with Crippen LogP contribution in [0.5, 0.6) is 0 Å². The first-order valence-electron chi connectivity index (χ1n) is 3.22. The normalized spacial score (nSPS) is 9.73. The number of hydrogen-bond acceptors (Lipinski definition) is 0. The molecule has 0 atom stereocenters. The van der Waals surface area contributed by atoms with E-state index >= 15 is 0 Å². The molecule has 0 saturated carbocycles. The highest BCUT2D eigenvalue weighted by Crippen LogP contribution is 2.19. The van der Waals surface area contributed by atoms with Crippen LogP contribution in [-0.4, -0.2) is 0 Å². The second-order valence-corrected chi connectivity index (χ2v) is 3.26. The fraction of sp³-hybridized carbons (Fsp3) is 0.111. The molecule has 1 aromatic carbocycles. The molecule has 1 aromatic rings. The Morgan fingerprint density at radius 2 is 2.18 bits per heavy atom. The van der Waals surface area contributed by atoms with E-state index in [1.165, 1.54) is 6.07 Å². The minimum Gasteiger partial charge on any atom is -0.206 e. The molecule has 0 fully saturated rings. The highest BCUT2D eigenvalue weighted by molar-refractivity contribution is 9.10. The van der Waals surface area contributed by atoms with Crippen LogP contribution in [-0.2, 0) is 0 Å². The lowest BCUT2D eigenvalue weighted by molar-refractivity contribution is 0.620. The van der Waals surface area contributed by atoms with E-state index in [-0.39, 0.29) is 5.82 Å². The molecule has 1 rings (SSSR count). The molecule has 11 heavy (non-hydrogen) atoms. The van der Waals surface area contributed by atoms with Crippen LogP contribution in [0.3, 0.4) is 0 Å². The Balaban J connectivity index is 3.15. The van der Waals surface area contributed by atoms with E-state index in [4.69, 9.17) is 0 Å². The first-order valence-corrected chi connectivity index (χ1v) is 4.01. The van der Waals surface area contributed by atoms with Crippen LogP contribution in [0.1, 0.15) is 12.5 Å². The second-order valence-electron chi connectivity index (χ2n) is 2.41. The number of allylic oxidation sites excluding steroid dienone is 1. The molecule has 0 radical (unpaired) electrons. The highest BCUT2D eigenvalue weighted by atomic mass is 79.9. The molecule has 0 amide bonds. The summed E-state index contributed by atoms with van der Waals surface area (Å²) in [4.78, 5) is 0. The summed E-state index contributed by atoms with van der Waals surface area (Å²) in [6.45, 7) is 5.56. The number of rotatable bonds is 1. The van der Waals surface area contributed by atoms with Crippen molar-refractivity contribution in [2.24, 2.45) is 0 Å². The Kier molecular flexibility index (Phi) is 2.45. The third kappa shape index (κ3) is 1.90. The number of halogens is 2. The number of benzene rings is 1. The van der Waals surface area contributed by atoms with Gasteiger partial charge in [-0.05, 0) is 40.5 Å². The highest BCUT2D eigenvalue weighted by Gasteiger charge is 1.99. The average molecular weight is 215 g/mol. The van der Waals surface area contributed by atoms with E-state index in [0.29, 0.717) is 4.47 Å². The second kappa shape index (κ2) is 3.18. The van der Waals surface area contributed by atoms with Gasteiger partial charge >= 0.3 is 0 Å². The topological polar surface area (TPSA) is 0 Å². The summed E-state index contributed by atoms with van der Waals surface area (Å²) in [6, 6.07) is 4.97. The summed E-state index contributed by atoms with van der Waals surface area (Å²) in [7, 11) is 0. The largest absolute Gasteiger partial charge is 0.206 e. The van der Waals surface area contributed by atoms with Crippen molar-refractivity contribution in [1.82, 2.24) is 0 Å². The van der Waals surface area contributed by atoms with Gasteiger partial charge in [0, 0.05) is 0 Å². The molecular formula is C9H8BrF. The molecule has 0 aromatic heterocycles. The number of hydrogen-bond donors (Lipinski definition) is 0. The smallest absolute Gasteiger partial charge is 0.137 e. The molecule has 0 nitrogen and oxygen atoms in total. The zero-order valence-corrected chi connectivity index (χ0v) is 7.78. The predicted molar refractivity (Wildman–Crippen MR) is 48.8 cm³/mol. The Bertz CT molecular complexity index is 292. The van der Waals surface area contributed by atoms with Gasteiger partial charge in [0.2, 0.25) is 0 Å². The first kappa shape index (κ1) is 8.47. The Labute approximate surface area is 73.9 Å². The maximum absolute atomic E-state index is 12.9. The Hall–Kier alpha value is -0.630. The van der Waals surface area contributed by atoms with Crippen molar-refractivity contribution in [2.45, 2.75) is 6.92 Å². The van der Waals surface area contributed by atoms with Crippen LogP contribution < -0.4 is 0 Å². The predicted octanol–water partition coefficient (Wildman–Crippen LogP) is 3.62. The molecule has 0 N–H and O–H groups in total. The van der Waals surface area contributed by atoms with Crippen molar-refractivity contribution in [2.75, 3.05) is 0 Å². The van der Waals surface area contributed by atoms with Gasteiger partial charge in [-0.15, -0.1) is 0 Å². The average Bonchev–Trinajstić information content (AvgIpc) is 1.94. The van der Waals surface area contributed by atoms with E-state index in [9.17, 15) is 4.39 Å². The molecule has 0 aliphatic carbocycles. The molecular weight excluding hydrogens is 207 g/mol. The van der Waals surface area contributed by atoms with Crippen LogP contribution in [0.2, 0.25) is 0 Å². The molecule has 0 heterocycles. The van der Waals surface area contributed by atoms with Crippen molar-refractivity contribution >= 4 is 21.5 Å². The first-order chi connectivity index (χ1) is 5.11. The lowest BCUT2D eigenvalue weighted by Crippen LogP contribution is -1.81. The van der Waals surface area contributed by atoms with E-state index in [2.05, 4.69) is 22.5 Å². The summed E-state index contributed by atoms with van der Waals surface area (Å²) >= 11 is 3.07. The van der Waals surface area contributed by atoms with E-state index < -0.39 is 0 Å².